The van der Waals surface area contributed by atoms with Crippen LogP contribution in [-0.4, -0.2) is 32.2 Å². The Balaban J connectivity index is 2.06. The van der Waals surface area contributed by atoms with Crippen LogP contribution in [0.4, 0.5) is 5.69 Å². The van der Waals surface area contributed by atoms with Gasteiger partial charge < -0.3 is 5.32 Å². The van der Waals surface area contributed by atoms with Crippen LogP contribution in [0, 0.1) is 0 Å². The van der Waals surface area contributed by atoms with Crippen molar-refractivity contribution >= 4 is 27.3 Å². The van der Waals surface area contributed by atoms with E-state index in [0.29, 0.717) is 16.2 Å². The molecule has 0 aliphatic heterocycles. The van der Waals surface area contributed by atoms with Crippen LogP contribution in [0.2, 0.25) is 0 Å². The zero-order chi connectivity index (χ0) is 13.9. The summed E-state index contributed by atoms with van der Waals surface area (Å²) in [4.78, 5) is 0.378. The van der Waals surface area contributed by atoms with Crippen LogP contribution in [0.1, 0.15) is 25.7 Å². The summed E-state index contributed by atoms with van der Waals surface area (Å²) >= 11 is 1.92. The molecule has 2 unspecified atom stereocenters. The minimum absolute atomic E-state index is 0.378. The van der Waals surface area contributed by atoms with E-state index < -0.39 is 9.84 Å². The molecule has 1 fully saturated rings. The Hall–Kier alpha value is -0.680. The number of anilines is 1. The van der Waals surface area contributed by atoms with Gasteiger partial charge in [-0.3, -0.25) is 0 Å². The molecule has 1 aromatic rings. The van der Waals surface area contributed by atoms with E-state index in [-0.39, 0.29) is 0 Å². The molecule has 1 N–H and O–H groups in total. The molecule has 5 heteroatoms. The van der Waals surface area contributed by atoms with E-state index in [1.807, 2.05) is 23.9 Å². The van der Waals surface area contributed by atoms with Gasteiger partial charge in [-0.15, -0.1) is 0 Å². The van der Waals surface area contributed by atoms with Gasteiger partial charge in [0.15, 0.2) is 9.84 Å². The zero-order valence-corrected chi connectivity index (χ0v) is 13.1. The minimum Gasteiger partial charge on any atom is -0.381 e. The second kappa shape index (κ2) is 6.18. The Kier molecular flexibility index (Phi) is 4.79. The Labute approximate surface area is 120 Å². The molecule has 19 heavy (non-hydrogen) atoms. The summed E-state index contributed by atoms with van der Waals surface area (Å²) in [6.45, 7) is 0. The van der Waals surface area contributed by atoms with Gasteiger partial charge in [-0.25, -0.2) is 8.42 Å². The lowest BCUT2D eigenvalue weighted by atomic mass is 9.94. The molecule has 1 aliphatic rings. The van der Waals surface area contributed by atoms with E-state index in [2.05, 4.69) is 11.6 Å². The Morgan fingerprint density at radius 1 is 1.16 bits per heavy atom. The van der Waals surface area contributed by atoms with Crippen molar-refractivity contribution in [2.75, 3.05) is 17.8 Å². The Bertz CT molecular complexity index is 511. The molecule has 1 aliphatic carbocycles. The molecule has 2 rings (SSSR count). The predicted octanol–water partition coefficient (Wildman–Crippen LogP) is 3.18. The van der Waals surface area contributed by atoms with Crippen LogP contribution >= 0.6 is 11.8 Å². The van der Waals surface area contributed by atoms with E-state index in [0.717, 1.165) is 5.69 Å². The molecule has 2 atom stereocenters. The van der Waals surface area contributed by atoms with Crippen molar-refractivity contribution in [3.63, 3.8) is 0 Å². The molecule has 1 aromatic carbocycles. The predicted molar refractivity (Wildman–Crippen MR) is 82.7 cm³/mol. The van der Waals surface area contributed by atoms with Crippen LogP contribution < -0.4 is 5.32 Å². The molecular formula is C14H21NO2S2. The first-order valence-corrected chi connectivity index (χ1v) is 9.78. The first-order chi connectivity index (χ1) is 9.00. The maximum atomic E-state index is 11.4. The van der Waals surface area contributed by atoms with Crippen LogP contribution in [0.3, 0.4) is 0 Å². The number of hydrogen-bond acceptors (Lipinski definition) is 4. The van der Waals surface area contributed by atoms with Gasteiger partial charge in [-0.05, 0) is 43.4 Å². The second-order valence-electron chi connectivity index (χ2n) is 5.11. The first-order valence-electron chi connectivity index (χ1n) is 6.60. The van der Waals surface area contributed by atoms with Gasteiger partial charge >= 0.3 is 0 Å². The van der Waals surface area contributed by atoms with Crippen molar-refractivity contribution in [1.29, 1.82) is 0 Å². The average Bonchev–Trinajstić information content (AvgIpc) is 2.39. The number of rotatable bonds is 4. The van der Waals surface area contributed by atoms with Crippen molar-refractivity contribution in [1.82, 2.24) is 0 Å². The fraction of sp³-hybridized carbons (Fsp3) is 0.571. The van der Waals surface area contributed by atoms with Gasteiger partial charge in [0.2, 0.25) is 0 Å². The van der Waals surface area contributed by atoms with E-state index in [1.165, 1.54) is 31.9 Å². The number of nitrogens with one attached hydrogen (secondary N) is 1. The molecular weight excluding hydrogens is 278 g/mol. The summed E-state index contributed by atoms with van der Waals surface area (Å²) < 4.78 is 22.8. The van der Waals surface area contributed by atoms with Crippen molar-refractivity contribution in [3.05, 3.63) is 24.3 Å². The summed E-state index contributed by atoms with van der Waals surface area (Å²) in [5, 5.41) is 4.20. The van der Waals surface area contributed by atoms with E-state index in [4.69, 9.17) is 0 Å². The maximum Gasteiger partial charge on any atom is 0.175 e. The molecule has 0 radical (unpaired) electrons. The molecule has 0 saturated heterocycles. The van der Waals surface area contributed by atoms with Gasteiger partial charge in [0.1, 0.15) is 0 Å². The van der Waals surface area contributed by atoms with Crippen LogP contribution in [0.25, 0.3) is 0 Å². The van der Waals surface area contributed by atoms with Crippen LogP contribution in [-0.2, 0) is 9.84 Å². The summed E-state index contributed by atoms with van der Waals surface area (Å²) in [5.41, 5.74) is 1.01. The quantitative estimate of drug-likeness (QED) is 0.927. The molecule has 106 valence electrons. The second-order valence-corrected chi connectivity index (χ2v) is 8.20. The van der Waals surface area contributed by atoms with Crippen molar-refractivity contribution in [3.8, 4) is 0 Å². The molecule has 0 heterocycles. The van der Waals surface area contributed by atoms with Gasteiger partial charge in [0, 0.05) is 23.2 Å². The third-order valence-electron chi connectivity index (χ3n) is 3.64. The lowest BCUT2D eigenvalue weighted by Crippen LogP contribution is -2.34. The lowest BCUT2D eigenvalue weighted by Gasteiger charge is -2.31. The average molecular weight is 299 g/mol. The molecule has 0 amide bonds. The number of hydrogen-bond donors (Lipinski definition) is 1. The summed E-state index contributed by atoms with van der Waals surface area (Å²) in [7, 11) is -3.10. The van der Waals surface area contributed by atoms with Crippen LogP contribution in [0.5, 0.6) is 0 Å². The molecule has 0 aromatic heterocycles. The maximum absolute atomic E-state index is 11.4. The highest BCUT2D eigenvalue weighted by atomic mass is 32.2. The Morgan fingerprint density at radius 3 is 2.37 bits per heavy atom. The number of thioether (sulfide) groups is 1. The first kappa shape index (κ1) is 14.7. The smallest absolute Gasteiger partial charge is 0.175 e. The molecule has 0 bridgehead atoms. The number of sulfone groups is 1. The number of benzene rings is 1. The largest absolute Gasteiger partial charge is 0.381 e. The highest BCUT2D eigenvalue weighted by molar-refractivity contribution is 7.99. The van der Waals surface area contributed by atoms with Crippen molar-refractivity contribution < 1.29 is 8.42 Å². The van der Waals surface area contributed by atoms with Gasteiger partial charge in [0.05, 0.1) is 4.90 Å². The highest BCUT2D eigenvalue weighted by Gasteiger charge is 2.24. The van der Waals surface area contributed by atoms with Crippen molar-refractivity contribution in [2.24, 2.45) is 0 Å². The lowest BCUT2D eigenvalue weighted by molar-refractivity contribution is 0.475. The van der Waals surface area contributed by atoms with Gasteiger partial charge in [0.25, 0.3) is 0 Å². The third-order valence-corrected chi connectivity index (χ3v) is 5.94. The Morgan fingerprint density at radius 2 is 1.79 bits per heavy atom. The summed E-state index contributed by atoms with van der Waals surface area (Å²) in [6, 6.07) is 7.57. The molecule has 1 saturated carbocycles. The fourth-order valence-electron chi connectivity index (χ4n) is 2.56. The van der Waals surface area contributed by atoms with Gasteiger partial charge in [-0.1, -0.05) is 12.8 Å². The SMILES string of the molecule is CSC1CCCCC1Nc1ccc(S(C)(=O)=O)cc1. The molecule has 0 spiro atoms. The normalized spacial score (nSPS) is 24.1. The summed E-state index contributed by atoms with van der Waals surface area (Å²) in [6.07, 6.45) is 8.45. The highest BCUT2D eigenvalue weighted by Crippen LogP contribution is 2.29. The standard InChI is InChI=1S/C14H21NO2S2/c1-18-14-6-4-3-5-13(14)15-11-7-9-12(10-8-11)19(2,16)17/h7-10,13-15H,3-6H2,1-2H3. The fourth-order valence-corrected chi connectivity index (χ4v) is 4.12. The van der Waals surface area contributed by atoms with E-state index >= 15 is 0 Å². The minimum atomic E-state index is -3.10. The van der Waals surface area contributed by atoms with Crippen LogP contribution in [0.15, 0.2) is 29.2 Å². The monoisotopic (exact) mass is 299 g/mol. The van der Waals surface area contributed by atoms with Crippen molar-refractivity contribution in [2.45, 2.75) is 41.9 Å². The molecule has 3 nitrogen and oxygen atoms in total. The summed E-state index contributed by atoms with van der Waals surface area (Å²) in [5.74, 6) is 0. The van der Waals surface area contributed by atoms with E-state index in [1.54, 1.807) is 12.1 Å². The zero-order valence-electron chi connectivity index (χ0n) is 11.4. The van der Waals surface area contributed by atoms with E-state index in [9.17, 15) is 8.42 Å². The topological polar surface area (TPSA) is 46.2 Å². The third kappa shape index (κ3) is 3.89. The van der Waals surface area contributed by atoms with Gasteiger partial charge in [-0.2, -0.15) is 11.8 Å².